The summed E-state index contributed by atoms with van der Waals surface area (Å²) in [4.78, 5) is 45.0. The molecule has 0 bridgehead atoms. The summed E-state index contributed by atoms with van der Waals surface area (Å²) in [7, 11) is 1.31. The fourth-order valence-electron chi connectivity index (χ4n) is 5.71. The van der Waals surface area contributed by atoms with Crippen molar-refractivity contribution in [1.82, 2.24) is 14.3 Å². The van der Waals surface area contributed by atoms with Crippen molar-refractivity contribution in [2.45, 2.75) is 26.8 Å². The fourth-order valence-corrected chi connectivity index (χ4v) is 6.74. The summed E-state index contributed by atoms with van der Waals surface area (Å²) in [5, 5.41) is 4.94. The third-order valence-corrected chi connectivity index (χ3v) is 9.00. The Labute approximate surface area is 286 Å². The molecule has 0 amide bonds. The number of fused-ring (bicyclic) bond motifs is 1. The van der Waals surface area contributed by atoms with Gasteiger partial charge in [-0.25, -0.2) is 19.3 Å². The monoisotopic (exact) mass is 674 g/mol. The Hall–Kier alpha value is -5.81. The van der Waals surface area contributed by atoms with Crippen LogP contribution in [-0.4, -0.2) is 46.6 Å². The second-order valence-electron chi connectivity index (χ2n) is 11.2. The first kappa shape index (κ1) is 33.1. The molecule has 11 heteroatoms. The molecule has 3 aromatic carbocycles. The average molecular weight is 675 g/mol. The van der Waals surface area contributed by atoms with E-state index in [4.69, 9.17) is 24.3 Å². The highest BCUT2D eigenvalue weighted by molar-refractivity contribution is 7.07. The number of nitrogens with zero attached hydrogens (tertiary/aromatic N) is 4. The van der Waals surface area contributed by atoms with Gasteiger partial charge in [0.05, 0.1) is 46.8 Å². The summed E-state index contributed by atoms with van der Waals surface area (Å²) >= 11 is 1.22. The second kappa shape index (κ2) is 14.1. The lowest BCUT2D eigenvalue weighted by Gasteiger charge is -2.24. The van der Waals surface area contributed by atoms with Gasteiger partial charge >= 0.3 is 11.9 Å². The number of rotatable bonds is 10. The van der Waals surface area contributed by atoms with Crippen molar-refractivity contribution in [2.75, 3.05) is 20.3 Å². The molecule has 0 saturated carbocycles. The number of para-hydroxylation sites is 1. The van der Waals surface area contributed by atoms with E-state index in [2.05, 4.69) is 6.58 Å². The zero-order chi connectivity index (χ0) is 34.7. The number of ether oxygens (including phenoxy) is 3. The number of carbonyl (C=O) groups is 2. The van der Waals surface area contributed by atoms with Gasteiger partial charge in [0, 0.05) is 17.3 Å². The Bertz CT molecular complexity index is 2280. The molecule has 2 aromatic heterocycles. The molecule has 0 fully saturated rings. The predicted molar refractivity (Wildman–Crippen MR) is 188 cm³/mol. The van der Waals surface area contributed by atoms with Gasteiger partial charge < -0.3 is 14.2 Å². The Kier molecular flexibility index (Phi) is 9.54. The van der Waals surface area contributed by atoms with E-state index < -0.39 is 18.0 Å². The SMILES string of the molecule is C=CCOc1ccc(-c2nn(-c3ccccc3)cc2/C=c2\sc3n(c2=O)C(c2ccc(C(=O)OC)cc2)C(C(=O)OCC)=C(C)N=3)cc1C. The number of thiazole rings is 1. The molecule has 0 aliphatic carbocycles. The van der Waals surface area contributed by atoms with Crippen molar-refractivity contribution in [3.8, 4) is 22.7 Å². The van der Waals surface area contributed by atoms with Crippen LogP contribution in [0.15, 0.2) is 113 Å². The number of carbonyl (C=O) groups excluding carboxylic acids is 2. The van der Waals surface area contributed by atoms with E-state index in [1.165, 1.54) is 23.0 Å². The number of hydrogen-bond donors (Lipinski definition) is 0. The Morgan fingerprint density at radius 3 is 2.45 bits per heavy atom. The van der Waals surface area contributed by atoms with E-state index in [1.54, 1.807) is 48.9 Å². The summed E-state index contributed by atoms with van der Waals surface area (Å²) in [5.74, 6) is -0.315. The fraction of sp³-hybridized carbons (Fsp3) is 0.184. The number of esters is 2. The molecule has 248 valence electrons. The Balaban J connectivity index is 1.53. The van der Waals surface area contributed by atoms with E-state index in [1.807, 2.05) is 67.7 Å². The maximum absolute atomic E-state index is 14.4. The molecule has 6 rings (SSSR count). The van der Waals surface area contributed by atoms with Gasteiger partial charge in [-0.2, -0.15) is 5.10 Å². The summed E-state index contributed by atoms with van der Waals surface area (Å²) in [5.41, 5.74) is 5.35. The quantitative estimate of drug-likeness (QED) is 0.146. The van der Waals surface area contributed by atoms with Gasteiger partial charge in [0.1, 0.15) is 18.1 Å². The van der Waals surface area contributed by atoms with E-state index in [0.29, 0.717) is 44.0 Å². The molecular formula is C38H34N4O6S. The van der Waals surface area contributed by atoms with Crippen LogP contribution >= 0.6 is 11.3 Å². The number of aryl methyl sites for hydroxylation is 1. The molecule has 1 aliphatic heterocycles. The van der Waals surface area contributed by atoms with Gasteiger partial charge in [-0.1, -0.05) is 54.3 Å². The highest BCUT2D eigenvalue weighted by Crippen LogP contribution is 2.32. The van der Waals surface area contributed by atoms with Crippen LogP contribution in [0.3, 0.4) is 0 Å². The summed E-state index contributed by atoms with van der Waals surface area (Å²) in [6.45, 7) is 9.69. The third-order valence-electron chi connectivity index (χ3n) is 8.02. The average Bonchev–Trinajstić information content (AvgIpc) is 3.67. The molecule has 1 unspecified atom stereocenters. The molecule has 0 spiro atoms. The van der Waals surface area contributed by atoms with Crippen molar-refractivity contribution in [3.05, 3.63) is 145 Å². The van der Waals surface area contributed by atoms with Crippen molar-refractivity contribution in [1.29, 1.82) is 0 Å². The lowest BCUT2D eigenvalue weighted by molar-refractivity contribution is -0.139. The summed E-state index contributed by atoms with van der Waals surface area (Å²) in [6, 6.07) is 21.4. The number of allylic oxidation sites excluding steroid dienone is 1. The minimum atomic E-state index is -0.832. The van der Waals surface area contributed by atoms with E-state index in [-0.39, 0.29) is 17.7 Å². The maximum Gasteiger partial charge on any atom is 0.338 e. The minimum Gasteiger partial charge on any atom is -0.489 e. The molecule has 49 heavy (non-hydrogen) atoms. The van der Waals surface area contributed by atoms with Crippen LogP contribution in [0.5, 0.6) is 5.75 Å². The lowest BCUT2D eigenvalue weighted by atomic mass is 9.95. The van der Waals surface area contributed by atoms with Crippen LogP contribution in [0.4, 0.5) is 0 Å². The zero-order valence-electron chi connectivity index (χ0n) is 27.5. The normalized spacial score (nSPS) is 14.2. The van der Waals surface area contributed by atoms with Crippen molar-refractivity contribution >= 4 is 29.4 Å². The van der Waals surface area contributed by atoms with E-state index in [9.17, 15) is 14.4 Å². The first-order valence-corrected chi connectivity index (χ1v) is 16.4. The van der Waals surface area contributed by atoms with Crippen molar-refractivity contribution in [2.24, 2.45) is 4.99 Å². The predicted octanol–water partition coefficient (Wildman–Crippen LogP) is 5.31. The second-order valence-corrected chi connectivity index (χ2v) is 12.2. The van der Waals surface area contributed by atoms with Gasteiger partial charge in [0.15, 0.2) is 4.80 Å². The third kappa shape index (κ3) is 6.53. The molecule has 5 aromatic rings. The molecule has 0 N–H and O–H groups in total. The topological polar surface area (TPSA) is 114 Å². The standard InChI is InChI=1S/C38H34N4O6S/c1-6-19-48-30-18-17-27(20-23(30)3)33-28(22-41(40-33)29-11-9-8-10-12-29)21-31-35(43)42-34(25-13-15-26(16-14-25)36(44)46-5)32(37(45)47-7-2)24(4)39-38(42)49-31/h6,8-18,20-22,34H,1,7,19H2,2-5H3/b31-21-. The number of aromatic nitrogens is 3. The van der Waals surface area contributed by atoms with Gasteiger partial charge in [-0.15, -0.1) is 0 Å². The molecule has 0 saturated heterocycles. The van der Waals surface area contributed by atoms with Gasteiger partial charge in [-0.3, -0.25) is 9.36 Å². The van der Waals surface area contributed by atoms with E-state index in [0.717, 1.165) is 22.6 Å². The number of benzene rings is 3. The van der Waals surface area contributed by atoms with Crippen LogP contribution in [0.2, 0.25) is 0 Å². The van der Waals surface area contributed by atoms with Crippen LogP contribution in [-0.2, 0) is 14.3 Å². The molecule has 0 radical (unpaired) electrons. The first-order valence-electron chi connectivity index (χ1n) is 15.6. The van der Waals surface area contributed by atoms with E-state index >= 15 is 0 Å². The Morgan fingerprint density at radius 1 is 1.02 bits per heavy atom. The van der Waals surface area contributed by atoms with Crippen molar-refractivity contribution < 1.29 is 23.8 Å². The highest BCUT2D eigenvalue weighted by Gasteiger charge is 2.33. The van der Waals surface area contributed by atoms with Gasteiger partial charge in [0.25, 0.3) is 5.56 Å². The molecule has 10 nitrogen and oxygen atoms in total. The smallest absolute Gasteiger partial charge is 0.338 e. The van der Waals surface area contributed by atoms with Gasteiger partial charge in [0.2, 0.25) is 0 Å². The molecular weight excluding hydrogens is 641 g/mol. The van der Waals surface area contributed by atoms with Gasteiger partial charge in [-0.05, 0) is 80.4 Å². The molecule has 1 atom stereocenters. The van der Waals surface area contributed by atoms with Crippen LogP contribution in [0, 0.1) is 6.92 Å². The zero-order valence-corrected chi connectivity index (χ0v) is 28.3. The molecule has 1 aliphatic rings. The number of methoxy groups -OCH3 is 1. The first-order chi connectivity index (χ1) is 23.7. The van der Waals surface area contributed by atoms with Crippen LogP contribution in [0.25, 0.3) is 23.0 Å². The summed E-state index contributed by atoms with van der Waals surface area (Å²) < 4.78 is 19.8. The largest absolute Gasteiger partial charge is 0.489 e. The molecule has 3 heterocycles. The van der Waals surface area contributed by atoms with Crippen LogP contribution < -0.4 is 19.6 Å². The summed E-state index contributed by atoms with van der Waals surface area (Å²) in [6.07, 6.45) is 5.39. The highest BCUT2D eigenvalue weighted by atomic mass is 32.1. The van der Waals surface area contributed by atoms with Crippen LogP contribution in [0.1, 0.15) is 46.9 Å². The Morgan fingerprint density at radius 2 is 1.78 bits per heavy atom. The lowest BCUT2D eigenvalue weighted by Crippen LogP contribution is -2.40. The van der Waals surface area contributed by atoms with Crippen molar-refractivity contribution in [3.63, 3.8) is 0 Å². The minimum absolute atomic E-state index is 0.156. The number of hydrogen-bond acceptors (Lipinski definition) is 9. The maximum atomic E-state index is 14.4.